The molecule has 1 amide bonds. The number of ether oxygens (including phenoxy) is 2. The highest BCUT2D eigenvalue weighted by molar-refractivity contribution is 6.31. The maximum Gasteiger partial charge on any atom is 0.344 e. The van der Waals surface area contributed by atoms with Gasteiger partial charge in [-0.1, -0.05) is 29.8 Å². The van der Waals surface area contributed by atoms with Crippen molar-refractivity contribution < 1.29 is 19.1 Å². The monoisotopic (exact) mass is 400 g/mol. The highest BCUT2D eigenvalue weighted by atomic mass is 35.5. The molecule has 2 aromatic carbocycles. The summed E-state index contributed by atoms with van der Waals surface area (Å²) < 4.78 is 10.3. The first-order chi connectivity index (χ1) is 13.5. The molecule has 3 aromatic rings. The summed E-state index contributed by atoms with van der Waals surface area (Å²) >= 11 is 5.94. The number of nitrogens with one attached hydrogen (secondary N) is 2. The topological polar surface area (TPSA) is 80.4 Å². The van der Waals surface area contributed by atoms with Crippen LogP contribution in [0, 0.1) is 6.92 Å². The van der Waals surface area contributed by atoms with Gasteiger partial charge in [-0.3, -0.25) is 4.79 Å². The van der Waals surface area contributed by atoms with Crippen molar-refractivity contribution in [2.45, 2.75) is 13.3 Å². The summed E-state index contributed by atoms with van der Waals surface area (Å²) in [5.41, 5.74) is 3.04. The van der Waals surface area contributed by atoms with Crippen LogP contribution in [0.4, 0.5) is 0 Å². The zero-order valence-corrected chi connectivity index (χ0v) is 16.2. The molecule has 0 radical (unpaired) electrons. The molecule has 0 fully saturated rings. The second-order valence-electron chi connectivity index (χ2n) is 6.32. The van der Waals surface area contributed by atoms with Gasteiger partial charge in [-0.15, -0.1) is 0 Å². The summed E-state index contributed by atoms with van der Waals surface area (Å²) in [4.78, 5) is 26.8. The van der Waals surface area contributed by atoms with Gasteiger partial charge in [-0.2, -0.15) is 0 Å². The molecule has 6 nitrogen and oxygen atoms in total. The van der Waals surface area contributed by atoms with E-state index in [2.05, 4.69) is 10.3 Å². The molecule has 0 aliphatic heterocycles. The number of fused-ring (bicyclic) bond motifs is 1. The van der Waals surface area contributed by atoms with E-state index in [9.17, 15) is 9.59 Å². The maximum atomic E-state index is 11.8. The Bertz CT molecular complexity index is 983. The van der Waals surface area contributed by atoms with E-state index in [0.29, 0.717) is 23.7 Å². The van der Waals surface area contributed by atoms with Crippen molar-refractivity contribution in [2.24, 2.45) is 0 Å². The number of carbonyl (C=O) groups is 2. The fourth-order valence-electron chi connectivity index (χ4n) is 2.76. The van der Waals surface area contributed by atoms with E-state index >= 15 is 0 Å². The lowest BCUT2D eigenvalue weighted by Gasteiger charge is -2.08. The van der Waals surface area contributed by atoms with Gasteiger partial charge in [0.25, 0.3) is 5.91 Å². The molecule has 0 unspecified atom stereocenters. The van der Waals surface area contributed by atoms with E-state index in [1.165, 1.54) is 0 Å². The van der Waals surface area contributed by atoms with Gasteiger partial charge < -0.3 is 19.8 Å². The van der Waals surface area contributed by atoms with E-state index in [1.54, 1.807) is 18.2 Å². The Morgan fingerprint density at radius 1 is 1.14 bits per heavy atom. The third-order valence-corrected chi connectivity index (χ3v) is 4.67. The summed E-state index contributed by atoms with van der Waals surface area (Å²) in [6.07, 6.45) is 2.62. The second kappa shape index (κ2) is 9.28. The molecular formula is C21H21ClN2O4. The molecule has 28 heavy (non-hydrogen) atoms. The van der Waals surface area contributed by atoms with E-state index in [-0.39, 0.29) is 19.1 Å². The number of H-pyrrole nitrogens is 1. The first-order valence-corrected chi connectivity index (χ1v) is 9.27. The largest absolute Gasteiger partial charge is 0.482 e. The molecule has 146 valence electrons. The number of aryl methyl sites for hydroxylation is 1. The molecule has 1 heterocycles. The van der Waals surface area contributed by atoms with E-state index in [4.69, 9.17) is 21.1 Å². The van der Waals surface area contributed by atoms with Gasteiger partial charge in [0.05, 0.1) is 0 Å². The van der Waals surface area contributed by atoms with E-state index < -0.39 is 5.97 Å². The van der Waals surface area contributed by atoms with Crippen LogP contribution in [0.25, 0.3) is 10.9 Å². The minimum atomic E-state index is -0.612. The smallest absolute Gasteiger partial charge is 0.344 e. The van der Waals surface area contributed by atoms with Crippen LogP contribution in [0.3, 0.4) is 0 Å². The number of hydrogen-bond acceptors (Lipinski definition) is 4. The number of benzene rings is 2. The lowest BCUT2D eigenvalue weighted by atomic mass is 10.1. The predicted molar refractivity (Wildman–Crippen MR) is 108 cm³/mol. The van der Waals surface area contributed by atoms with Crippen molar-refractivity contribution in [1.82, 2.24) is 10.3 Å². The normalized spacial score (nSPS) is 10.6. The molecule has 7 heteroatoms. The molecule has 0 atom stereocenters. The fourth-order valence-corrected chi connectivity index (χ4v) is 2.88. The molecule has 0 saturated heterocycles. The van der Waals surface area contributed by atoms with Gasteiger partial charge >= 0.3 is 5.97 Å². The lowest BCUT2D eigenvalue weighted by Crippen LogP contribution is -2.31. The Kier molecular flexibility index (Phi) is 6.55. The average molecular weight is 401 g/mol. The number of amides is 1. The van der Waals surface area contributed by atoms with Crippen molar-refractivity contribution >= 4 is 34.4 Å². The van der Waals surface area contributed by atoms with Crippen LogP contribution >= 0.6 is 11.6 Å². The number of esters is 1. The molecule has 3 rings (SSSR count). The highest BCUT2D eigenvalue weighted by Crippen LogP contribution is 2.21. The van der Waals surface area contributed by atoms with Crippen molar-refractivity contribution in [3.8, 4) is 5.75 Å². The summed E-state index contributed by atoms with van der Waals surface area (Å²) in [6, 6.07) is 13.1. The van der Waals surface area contributed by atoms with Crippen LogP contribution in [-0.4, -0.2) is 36.6 Å². The first-order valence-electron chi connectivity index (χ1n) is 8.89. The van der Waals surface area contributed by atoms with Crippen LogP contribution in [0.2, 0.25) is 5.02 Å². The first kappa shape index (κ1) is 19.8. The Morgan fingerprint density at radius 3 is 2.79 bits per heavy atom. The van der Waals surface area contributed by atoms with Gasteiger partial charge in [0, 0.05) is 28.7 Å². The number of rotatable bonds is 8. The third-order valence-electron chi connectivity index (χ3n) is 4.24. The fraction of sp³-hybridized carbons (Fsp3) is 0.238. The Balaban J connectivity index is 1.35. The number of hydrogen-bond donors (Lipinski definition) is 2. The molecule has 0 aliphatic carbocycles. The highest BCUT2D eigenvalue weighted by Gasteiger charge is 2.09. The van der Waals surface area contributed by atoms with Crippen molar-refractivity contribution in [1.29, 1.82) is 0 Å². The van der Waals surface area contributed by atoms with Crippen molar-refractivity contribution in [3.05, 3.63) is 64.8 Å². The Hall–Kier alpha value is -2.99. The van der Waals surface area contributed by atoms with Gasteiger partial charge in [0.1, 0.15) is 5.75 Å². The molecule has 0 bridgehead atoms. The van der Waals surface area contributed by atoms with Crippen LogP contribution in [0.15, 0.2) is 48.7 Å². The second-order valence-corrected chi connectivity index (χ2v) is 6.73. The van der Waals surface area contributed by atoms with Crippen molar-refractivity contribution in [3.63, 3.8) is 0 Å². The van der Waals surface area contributed by atoms with E-state index in [0.717, 1.165) is 22.0 Å². The minimum Gasteiger partial charge on any atom is -0.482 e. The molecule has 0 saturated carbocycles. The maximum absolute atomic E-state index is 11.8. The summed E-state index contributed by atoms with van der Waals surface area (Å²) in [6.45, 7) is 1.69. The molecule has 1 aromatic heterocycles. The average Bonchev–Trinajstić information content (AvgIpc) is 3.10. The van der Waals surface area contributed by atoms with Crippen LogP contribution in [-0.2, 0) is 20.7 Å². The quantitative estimate of drug-likeness (QED) is 0.568. The molecular weight excluding hydrogens is 380 g/mol. The third kappa shape index (κ3) is 5.27. The zero-order valence-electron chi connectivity index (χ0n) is 15.5. The molecule has 0 aliphatic rings. The lowest BCUT2D eigenvalue weighted by molar-refractivity contribution is -0.150. The summed E-state index contributed by atoms with van der Waals surface area (Å²) in [5, 5.41) is 4.50. The Labute approximate surface area is 167 Å². The standard InChI is InChI=1S/C21H21ClN2O4/c1-14-10-16(6-7-18(14)22)27-13-21(26)28-12-20(25)23-9-8-15-11-24-19-5-3-2-4-17(15)19/h2-7,10-11,24H,8-9,12-13H2,1H3,(H,23,25). The van der Waals surface area contributed by atoms with Crippen LogP contribution in [0.5, 0.6) is 5.75 Å². The van der Waals surface area contributed by atoms with Crippen molar-refractivity contribution in [2.75, 3.05) is 19.8 Å². The number of halogens is 1. The van der Waals surface area contributed by atoms with Crippen LogP contribution in [0.1, 0.15) is 11.1 Å². The summed E-state index contributed by atoms with van der Waals surface area (Å²) in [5.74, 6) is -0.447. The number of aromatic nitrogens is 1. The summed E-state index contributed by atoms with van der Waals surface area (Å²) in [7, 11) is 0. The van der Waals surface area contributed by atoms with Gasteiger partial charge in [-0.25, -0.2) is 4.79 Å². The number of aromatic amines is 1. The predicted octanol–water partition coefficient (Wildman–Crippen LogP) is 3.41. The SMILES string of the molecule is Cc1cc(OCC(=O)OCC(=O)NCCc2c[nH]c3ccccc23)ccc1Cl. The zero-order chi connectivity index (χ0) is 19.9. The number of carbonyl (C=O) groups excluding carboxylic acids is 2. The minimum absolute atomic E-state index is 0.274. The number of para-hydroxylation sites is 1. The molecule has 0 spiro atoms. The van der Waals surface area contributed by atoms with Crippen LogP contribution < -0.4 is 10.1 Å². The molecule has 2 N–H and O–H groups in total. The van der Waals surface area contributed by atoms with Gasteiger partial charge in [-0.05, 0) is 48.7 Å². The van der Waals surface area contributed by atoms with Gasteiger partial charge in [0.2, 0.25) is 0 Å². The van der Waals surface area contributed by atoms with Gasteiger partial charge in [0.15, 0.2) is 13.2 Å². The van der Waals surface area contributed by atoms with E-state index in [1.807, 2.05) is 37.4 Å². The Morgan fingerprint density at radius 2 is 1.96 bits per heavy atom.